The van der Waals surface area contributed by atoms with Crippen LogP contribution >= 0.6 is 23.2 Å². The summed E-state index contributed by atoms with van der Waals surface area (Å²) in [4.78, 5) is 32.5. The molecule has 30 heteroatoms. The molecule has 6 aromatic heterocycles. The van der Waals surface area contributed by atoms with Crippen molar-refractivity contribution in [1.29, 1.82) is 1.34 Å². The zero-order valence-corrected chi connectivity index (χ0v) is 68.3. The Morgan fingerprint density at radius 2 is 0.931 bits per heavy atom. The van der Waals surface area contributed by atoms with Gasteiger partial charge in [0.25, 0.3) is 32.6 Å². The van der Waals surface area contributed by atoms with Crippen LogP contribution in [0.25, 0.3) is 11.6 Å². The summed E-state index contributed by atoms with van der Waals surface area (Å²) in [5.41, 5.74) is 0.0709. The summed E-state index contributed by atoms with van der Waals surface area (Å²) in [6, 6.07) is 51.5. The molecule has 0 aliphatic carbocycles. The molecular formula is C71H86BCl2N11O11S2Si2U. The minimum Gasteiger partial charge on any atom is -0.478 e. The summed E-state index contributed by atoms with van der Waals surface area (Å²) in [5.74, 6) is -0.541. The number of nitrogens with zero attached hydrogens (tertiary/aromatic N) is 9. The first kappa shape index (κ1) is 80.8. The molecular weight excluding hydrogens is 1620 g/mol. The summed E-state index contributed by atoms with van der Waals surface area (Å²) in [6.45, 7) is 26.9. The van der Waals surface area contributed by atoms with Gasteiger partial charge < -0.3 is 28.0 Å². The Morgan fingerprint density at radius 3 is 1.23 bits per heavy atom. The maximum atomic E-state index is 12.8. The molecule has 6 heterocycles. The van der Waals surface area contributed by atoms with Gasteiger partial charge in [0, 0.05) is 121 Å². The van der Waals surface area contributed by atoms with E-state index >= 15 is 0 Å². The van der Waals surface area contributed by atoms with Gasteiger partial charge in [-0.25, -0.2) is 50.8 Å². The second-order valence-corrected chi connectivity index (χ2v) is 40.0. The average molecular weight is 1710 g/mol. The zero-order chi connectivity index (χ0) is 74.5. The van der Waals surface area contributed by atoms with E-state index in [-0.39, 0.29) is 88.9 Å². The molecule has 0 spiro atoms. The summed E-state index contributed by atoms with van der Waals surface area (Å²) >= 11 is 12.4. The van der Waals surface area contributed by atoms with Gasteiger partial charge >= 0.3 is 5.97 Å². The summed E-state index contributed by atoms with van der Waals surface area (Å²) < 4.78 is 86.9. The van der Waals surface area contributed by atoms with Crippen LogP contribution in [0.15, 0.2) is 199 Å². The number of aromatic carboxylic acids is 1. The molecule has 101 heavy (non-hydrogen) atoms. The van der Waals surface area contributed by atoms with Crippen molar-refractivity contribution < 1.29 is 81.0 Å². The standard InChI is InChI=1S/C35H41ClN6O5SSi.C30H34ClN3O4Si.C6H10N2O2S.BH.U/c1-25-29(22-41(7)38-25)48(44,45)40-33(43)28-18-19-30(37-32(28)36)42-21-20-31(39-42)46-23-35(5,6)24-47-49(34(2,3)4,26-14-10-8-11-15-26)27-16-12-9-13-17-27;1-29(2,3)39(22-12-8-6-9-13-22,23-14-10-7-11-15-23)38-21-30(4,5)20-37-26-18-19-34(33-26)25-17-16-24(28(35)36)27(31)32-25;1-5-3-8(2)4-6(5)11(7,9)10;;/h8-22H,23-24H2,1-7H3,(H,40,43);6-19H,20-21H2,1-5H3,(H,35,36);3-4H,1-2H3,(H2,7,9,10);1H;/i;;;1D;. The maximum Gasteiger partial charge on any atom is 0.338 e. The first-order chi connectivity index (χ1) is 47.4. The van der Waals surface area contributed by atoms with Crippen molar-refractivity contribution in [2.75, 3.05) is 26.4 Å². The number of hydrogen-bond acceptors (Lipinski definition) is 15. The molecule has 0 fully saturated rings. The van der Waals surface area contributed by atoms with Crippen LogP contribution in [0.3, 0.4) is 0 Å². The van der Waals surface area contributed by atoms with Gasteiger partial charge in [0.1, 0.15) is 20.1 Å². The molecule has 532 valence electrons. The number of carboxylic acid groups (broad SMARTS) is 1. The number of carbonyl (C=O) groups excluding carboxylic acids is 1. The number of sulfonamides is 2. The molecule has 0 saturated heterocycles. The van der Waals surface area contributed by atoms with Crippen LogP contribution in [0.1, 0.15) is 101 Å². The van der Waals surface area contributed by atoms with E-state index in [4.69, 9.17) is 48.0 Å². The molecule has 2 radical (unpaired) electrons. The van der Waals surface area contributed by atoms with E-state index in [1.165, 1.54) is 72.3 Å². The van der Waals surface area contributed by atoms with Crippen LogP contribution in [-0.2, 0) is 43.0 Å². The number of rotatable bonds is 23. The third-order valence-electron chi connectivity index (χ3n) is 16.1. The number of halogens is 2. The van der Waals surface area contributed by atoms with Crippen molar-refractivity contribution in [1.82, 2.24) is 48.6 Å². The topological polar surface area (TPSA) is 282 Å². The van der Waals surface area contributed by atoms with Gasteiger partial charge in [0.05, 0.1) is 30.0 Å². The Kier molecular flexibility index (Phi) is 27.0. The summed E-state index contributed by atoms with van der Waals surface area (Å²) in [5, 5.41) is 31.4. The Hall–Kier alpha value is -7.46. The second kappa shape index (κ2) is 33.8. The fourth-order valence-electron chi connectivity index (χ4n) is 11.3. The number of ether oxygens (including phenoxy) is 2. The van der Waals surface area contributed by atoms with E-state index in [0.29, 0.717) is 55.4 Å². The number of pyridine rings is 2. The van der Waals surface area contributed by atoms with E-state index in [1.54, 1.807) is 62.4 Å². The zero-order valence-electron chi connectivity index (χ0n) is 60.0. The average Bonchev–Trinajstić information content (AvgIpc) is 1.35. The molecule has 0 bridgehead atoms. The fraction of sp³-hybridized carbons (Fsp3) is 0.310. The summed E-state index contributed by atoms with van der Waals surface area (Å²) in [6.07, 6.45) is 7.87. The van der Waals surface area contributed by atoms with Crippen molar-refractivity contribution in [2.45, 2.75) is 103 Å². The largest absolute Gasteiger partial charge is 0.478 e. The Balaban J connectivity index is 0.000000275. The normalized spacial score (nSPS) is 12.2. The molecule has 10 aromatic rings. The van der Waals surface area contributed by atoms with Crippen molar-refractivity contribution in [2.24, 2.45) is 30.1 Å². The van der Waals surface area contributed by atoms with Gasteiger partial charge in [-0.1, -0.05) is 214 Å². The molecule has 0 saturated carbocycles. The molecule has 0 aliphatic heterocycles. The number of nitrogens with one attached hydrogen (secondary N) is 1. The first-order valence-electron chi connectivity index (χ1n) is 32.1. The number of nitrogens with two attached hydrogens (primary N) is 1. The number of carbonyl (C=O) groups is 2. The van der Waals surface area contributed by atoms with Crippen LogP contribution in [0.5, 0.6) is 11.8 Å². The van der Waals surface area contributed by atoms with Crippen molar-refractivity contribution in [3.8, 4) is 23.4 Å². The number of aryl methyl sites for hydroxylation is 4. The molecule has 0 unspecified atom stereocenters. The van der Waals surface area contributed by atoms with Crippen molar-refractivity contribution in [3.63, 3.8) is 0 Å². The number of carboxylic acids is 1. The molecule has 22 nitrogen and oxygen atoms in total. The van der Waals surface area contributed by atoms with Crippen LogP contribution < -0.4 is 40.1 Å². The number of benzene rings is 4. The quantitative estimate of drug-likeness (QED) is 0.0396. The Labute approximate surface area is 631 Å². The van der Waals surface area contributed by atoms with E-state index in [9.17, 15) is 31.5 Å². The van der Waals surface area contributed by atoms with Gasteiger partial charge in [-0.05, 0) is 75.8 Å². The van der Waals surface area contributed by atoms with E-state index in [2.05, 4.69) is 200 Å². The van der Waals surface area contributed by atoms with Gasteiger partial charge in [0.15, 0.2) is 11.6 Å². The Morgan fingerprint density at radius 1 is 0.554 bits per heavy atom. The monoisotopic (exact) mass is 1710 g/mol. The van der Waals surface area contributed by atoms with Gasteiger partial charge in [-0.2, -0.15) is 5.10 Å². The predicted octanol–water partition coefficient (Wildman–Crippen LogP) is 10.00. The SMILES string of the molecule is CC(C)(COc1ccn(-c2ccc(C(=O)O)c(Cl)n2)n1)CO[Si](c1ccccc1)(c1ccccc1)C(C)(C)C.Cc1cn(C)cc1S(N)(=O)=O.Cc1nn(C)cc1S(=O)(=O)NC(=O)c1ccc(-n2ccc(OCC(C)(C)CO[Si](c3ccccc3)(c3ccccc3)C(C)(C)C)n2)nc1Cl.[2H][B].[U]. The van der Waals surface area contributed by atoms with Gasteiger partial charge in [-0.15, -0.1) is 10.2 Å². The smallest absolute Gasteiger partial charge is 0.338 e. The number of aromatic nitrogens is 9. The van der Waals surface area contributed by atoms with Crippen LogP contribution in [0.4, 0.5) is 0 Å². The van der Waals surface area contributed by atoms with Crippen molar-refractivity contribution >= 4 is 101 Å². The Bertz CT molecular complexity index is 4600. The summed E-state index contributed by atoms with van der Waals surface area (Å²) in [7, 11) is -6.00. The molecule has 0 atom stereocenters. The number of hydrogen-bond donors (Lipinski definition) is 3. The first-order valence-corrected chi connectivity index (χ1v) is 39.1. The number of primary sulfonamides is 1. The van der Waals surface area contributed by atoms with Crippen LogP contribution in [0, 0.1) is 55.8 Å². The van der Waals surface area contributed by atoms with E-state index in [1.807, 2.05) is 29.0 Å². The molecule has 1 amide bonds. The maximum absolute atomic E-state index is 12.8. The van der Waals surface area contributed by atoms with Gasteiger partial charge in [0.2, 0.25) is 21.8 Å². The van der Waals surface area contributed by atoms with Crippen LogP contribution in [-0.4, -0.2) is 130 Å². The third-order valence-corrected chi connectivity index (χ3v) is 29.1. The molecule has 0 aliphatic rings. The second-order valence-electron chi connectivity index (χ2n) is 27.5. The molecule has 10 rings (SSSR count). The predicted molar refractivity (Wildman–Crippen MR) is 397 cm³/mol. The van der Waals surface area contributed by atoms with Crippen LogP contribution in [0.2, 0.25) is 20.4 Å². The molecule has 4 N–H and O–H groups in total. The minimum absolute atomic E-state index is 0. The van der Waals surface area contributed by atoms with Gasteiger partial charge in [-0.3, -0.25) is 9.48 Å². The number of amides is 1. The fourth-order valence-corrected chi connectivity index (χ4v) is 23.3. The van der Waals surface area contributed by atoms with Crippen molar-refractivity contribution in [3.05, 3.63) is 221 Å². The van der Waals surface area contributed by atoms with E-state index in [0.717, 1.165) is 0 Å². The minimum atomic E-state index is -4.17. The third kappa shape index (κ3) is 20.3. The molecule has 4 aromatic carbocycles. The van der Waals surface area contributed by atoms with E-state index < -0.39 is 48.6 Å².